The van der Waals surface area contributed by atoms with Crippen molar-refractivity contribution in [3.63, 3.8) is 0 Å². The second kappa shape index (κ2) is 3.82. The molecular formula is C10H18ClF2NO. The summed E-state index contributed by atoms with van der Waals surface area (Å²) in [6, 6.07) is 0. The Kier molecular flexibility index (Phi) is 3.35. The van der Waals surface area contributed by atoms with Gasteiger partial charge in [-0.2, -0.15) is 0 Å². The minimum Gasteiger partial charge on any atom is -0.394 e. The maximum Gasteiger partial charge on any atom is 0.248 e. The molecule has 0 saturated heterocycles. The van der Waals surface area contributed by atoms with Crippen LogP contribution in [0.1, 0.15) is 38.5 Å². The molecule has 2 saturated carbocycles. The molecule has 0 radical (unpaired) electrons. The molecule has 15 heavy (non-hydrogen) atoms. The summed E-state index contributed by atoms with van der Waals surface area (Å²) < 4.78 is 25.8. The van der Waals surface area contributed by atoms with E-state index in [1.165, 1.54) is 0 Å². The van der Waals surface area contributed by atoms with Crippen molar-refractivity contribution in [2.75, 3.05) is 6.61 Å². The molecule has 0 aliphatic heterocycles. The molecule has 0 aromatic rings. The van der Waals surface area contributed by atoms with E-state index in [0.29, 0.717) is 25.7 Å². The lowest BCUT2D eigenvalue weighted by Gasteiger charge is -2.56. The van der Waals surface area contributed by atoms with Crippen molar-refractivity contribution in [2.45, 2.75) is 50.0 Å². The highest BCUT2D eigenvalue weighted by Crippen LogP contribution is 2.57. The third kappa shape index (κ3) is 2.43. The van der Waals surface area contributed by atoms with Gasteiger partial charge in [0, 0.05) is 18.4 Å². The van der Waals surface area contributed by atoms with E-state index in [1.807, 2.05) is 0 Å². The molecule has 3 N–H and O–H groups in total. The summed E-state index contributed by atoms with van der Waals surface area (Å²) in [5.74, 6) is -2.46. The fourth-order valence-corrected chi connectivity index (χ4v) is 3.05. The van der Waals surface area contributed by atoms with Crippen LogP contribution in [0.15, 0.2) is 0 Å². The van der Waals surface area contributed by atoms with Crippen molar-refractivity contribution in [2.24, 2.45) is 11.1 Å². The molecular weight excluding hydrogens is 224 g/mol. The predicted octanol–water partition coefficient (Wildman–Crippen LogP) is 2.09. The van der Waals surface area contributed by atoms with Crippen LogP contribution < -0.4 is 5.73 Å². The zero-order valence-corrected chi connectivity index (χ0v) is 9.45. The van der Waals surface area contributed by atoms with E-state index in [0.717, 1.165) is 0 Å². The van der Waals surface area contributed by atoms with E-state index in [4.69, 9.17) is 10.8 Å². The van der Waals surface area contributed by atoms with Crippen LogP contribution in [0.4, 0.5) is 8.78 Å². The highest BCUT2D eigenvalue weighted by molar-refractivity contribution is 5.85. The number of hydrogen-bond donors (Lipinski definition) is 2. The van der Waals surface area contributed by atoms with Crippen molar-refractivity contribution >= 4 is 12.4 Å². The number of alkyl halides is 2. The van der Waals surface area contributed by atoms with Gasteiger partial charge in [-0.3, -0.25) is 0 Å². The second-order valence-corrected chi connectivity index (χ2v) is 5.23. The molecule has 1 spiro atoms. The quantitative estimate of drug-likeness (QED) is 0.739. The number of halogens is 3. The summed E-state index contributed by atoms with van der Waals surface area (Å²) in [7, 11) is 0. The first kappa shape index (κ1) is 13.1. The molecule has 0 bridgehead atoms. The molecule has 90 valence electrons. The van der Waals surface area contributed by atoms with Crippen LogP contribution in [0, 0.1) is 5.41 Å². The number of rotatable bonds is 1. The molecule has 0 aromatic heterocycles. The summed E-state index contributed by atoms with van der Waals surface area (Å²) >= 11 is 0. The Bertz CT molecular complexity index is 230. The van der Waals surface area contributed by atoms with Crippen molar-refractivity contribution < 1.29 is 13.9 Å². The Morgan fingerprint density at radius 3 is 1.93 bits per heavy atom. The summed E-state index contributed by atoms with van der Waals surface area (Å²) in [5.41, 5.74) is 5.39. The largest absolute Gasteiger partial charge is 0.394 e. The first-order chi connectivity index (χ1) is 6.39. The van der Waals surface area contributed by atoms with Gasteiger partial charge in [0.25, 0.3) is 0 Å². The Morgan fingerprint density at radius 1 is 1.07 bits per heavy atom. The van der Waals surface area contributed by atoms with Crippen molar-refractivity contribution in [1.29, 1.82) is 0 Å². The topological polar surface area (TPSA) is 46.2 Å². The summed E-state index contributed by atoms with van der Waals surface area (Å²) in [6.45, 7) is -0.0227. The Hall–Kier alpha value is 0.0700. The van der Waals surface area contributed by atoms with E-state index in [-0.39, 0.29) is 37.3 Å². The Labute approximate surface area is 94.6 Å². The molecule has 2 fully saturated rings. The van der Waals surface area contributed by atoms with Crippen molar-refractivity contribution in [3.05, 3.63) is 0 Å². The van der Waals surface area contributed by atoms with Gasteiger partial charge in [-0.15, -0.1) is 12.4 Å². The summed E-state index contributed by atoms with van der Waals surface area (Å²) in [4.78, 5) is 0. The van der Waals surface area contributed by atoms with Crippen LogP contribution in [0.25, 0.3) is 0 Å². The number of aliphatic hydroxyl groups is 1. The average Bonchev–Trinajstić information content (AvgIpc) is 2.07. The lowest BCUT2D eigenvalue weighted by atomic mass is 9.52. The van der Waals surface area contributed by atoms with Crippen LogP contribution in [0.2, 0.25) is 0 Å². The van der Waals surface area contributed by atoms with E-state index in [9.17, 15) is 8.78 Å². The second-order valence-electron chi connectivity index (χ2n) is 5.23. The number of aliphatic hydroxyl groups excluding tert-OH is 1. The van der Waals surface area contributed by atoms with Crippen LogP contribution in [0.3, 0.4) is 0 Å². The molecule has 2 aliphatic carbocycles. The molecule has 0 amide bonds. The average molecular weight is 242 g/mol. The number of nitrogens with two attached hydrogens (primary N) is 1. The summed E-state index contributed by atoms with van der Waals surface area (Å²) in [6.07, 6.45) is 2.56. The van der Waals surface area contributed by atoms with E-state index < -0.39 is 11.5 Å². The van der Waals surface area contributed by atoms with E-state index in [2.05, 4.69) is 0 Å². The molecule has 2 aliphatic rings. The first-order valence-corrected chi connectivity index (χ1v) is 5.16. The zero-order valence-electron chi connectivity index (χ0n) is 8.64. The third-order valence-corrected chi connectivity index (χ3v) is 3.81. The molecule has 0 aromatic carbocycles. The number of hydrogen-bond acceptors (Lipinski definition) is 2. The van der Waals surface area contributed by atoms with E-state index >= 15 is 0 Å². The summed E-state index contributed by atoms with van der Waals surface area (Å²) in [5, 5.41) is 8.99. The highest BCUT2D eigenvalue weighted by atomic mass is 35.5. The van der Waals surface area contributed by atoms with Gasteiger partial charge < -0.3 is 10.8 Å². The van der Waals surface area contributed by atoms with Crippen molar-refractivity contribution in [3.8, 4) is 0 Å². The SMILES string of the molecule is Cl.NC1(CO)CC2(CCC(F)(F)CC2)C1. The van der Waals surface area contributed by atoms with Gasteiger partial charge in [-0.25, -0.2) is 8.78 Å². The molecule has 2 nitrogen and oxygen atoms in total. The van der Waals surface area contributed by atoms with Gasteiger partial charge >= 0.3 is 0 Å². The Balaban J connectivity index is 0.00000112. The van der Waals surface area contributed by atoms with Crippen LogP contribution in [-0.4, -0.2) is 23.2 Å². The third-order valence-electron chi connectivity index (χ3n) is 3.81. The molecule has 5 heteroatoms. The van der Waals surface area contributed by atoms with Gasteiger partial charge in [0.15, 0.2) is 0 Å². The van der Waals surface area contributed by atoms with E-state index in [1.54, 1.807) is 0 Å². The normalized spacial score (nSPS) is 30.4. The van der Waals surface area contributed by atoms with Crippen LogP contribution >= 0.6 is 12.4 Å². The molecule has 0 unspecified atom stereocenters. The zero-order chi connectivity index (χ0) is 10.4. The lowest BCUT2D eigenvalue weighted by molar-refractivity contribution is -0.115. The minimum atomic E-state index is -2.46. The maximum absolute atomic E-state index is 12.9. The highest BCUT2D eigenvalue weighted by Gasteiger charge is 2.55. The molecule has 2 rings (SSSR count). The maximum atomic E-state index is 12.9. The molecule has 0 heterocycles. The van der Waals surface area contributed by atoms with Gasteiger partial charge in [-0.05, 0) is 31.1 Å². The Morgan fingerprint density at radius 2 is 1.53 bits per heavy atom. The van der Waals surface area contributed by atoms with Gasteiger partial charge in [-0.1, -0.05) is 0 Å². The lowest BCUT2D eigenvalue weighted by Crippen LogP contribution is -2.61. The fraction of sp³-hybridized carbons (Fsp3) is 1.00. The molecule has 0 atom stereocenters. The smallest absolute Gasteiger partial charge is 0.248 e. The minimum absolute atomic E-state index is 0. The monoisotopic (exact) mass is 241 g/mol. The van der Waals surface area contributed by atoms with Gasteiger partial charge in [0.1, 0.15) is 0 Å². The van der Waals surface area contributed by atoms with Crippen LogP contribution in [-0.2, 0) is 0 Å². The van der Waals surface area contributed by atoms with Crippen molar-refractivity contribution in [1.82, 2.24) is 0 Å². The standard InChI is InChI=1S/C10H17F2NO.ClH/c11-10(12)3-1-8(2-4-10)5-9(13,6-8)7-14;/h14H,1-7,13H2;1H. The predicted molar refractivity (Wildman–Crippen MR) is 56.3 cm³/mol. The van der Waals surface area contributed by atoms with Gasteiger partial charge in [0.2, 0.25) is 5.92 Å². The fourth-order valence-electron chi connectivity index (χ4n) is 3.05. The first-order valence-electron chi connectivity index (χ1n) is 5.16. The van der Waals surface area contributed by atoms with Crippen LogP contribution in [0.5, 0.6) is 0 Å². The van der Waals surface area contributed by atoms with Gasteiger partial charge in [0.05, 0.1) is 6.61 Å².